The van der Waals surface area contributed by atoms with Gasteiger partial charge in [0.25, 0.3) is 0 Å². The zero-order valence-corrected chi connectivity index (χ0v) is 18.3. The molecule has 0 N–H and O–H groups in total. The van der Waals surface area contributed by atoms with Crippen molar-refractivity contribution in [3.63, 3.8) is 0 Å². The predicted molar refractivity (Wildman–Crippen MR) is 109 cm³/mol. The molecule has 0 saturated heterocycles. The van der Waals surface area contributed by atoms with Crippen LogP contribution in [0.4, 0.5) is 0 Å². The fourth-order valence-corrected chi connectivity index (χ4v) is 4.09. The highest BCUT2D eigenvalue weighted by Crippen LogP contribution is 2.31. The Balaban J connectivity index is 2.43. The zero-order chi connectivity index (χ0) is 21.2. The molecule has 2 rings (SSSR count). The summed E-state index contributed by atoms with van der Waals surface area (Å²) in [6.07, 6.45) is 2.89. The summed E-state index contributed by atoms with van der Waals surface area (Å²) in [6, 6.07) is -0.564. The van der Waals surface area contributed by atoms with Gasteiger partial charge in [0.1, 0.15) is 5.69 Å². The van der Waals surface area contributed by atoms with Gasteiger partial charge in [0, 0.05) is 30.3 Å². The molecule has 1 fully saturated rings. The Morgan fingerprint density at radius 3 is 2.21 bits per heavy atom. The summed E-state index contributed by atoms with van der Waals surface area (Å²) in [5.41, 5.74) is 2.32. The Kier molecular flexibility index (Phi) is 7.07. The van der Waals surface area contributed by atoms with Crippen LogP contribution in [-0.4, -0.2) is 46.8 Å². The number of rotatable bonds is 8. The lowest BCUT2D eigenvalue weighted by atomic mass is 9.83. The minimum absolute atomic E-state index is 0.0436. The zero-order valence-electron chi connectivity index (χ0n) is 18.3. The number of hydrogen-bond acceptors (Lipinski definition) is 4. The molecule has 0 bridgehead atoms. The van der Waals surface area contributed by atoms with Crippen LogP contribution >= 0.6 is 0 Å². The first-order valence-corrected chi connectivity index (χ1v) is 10.3. The number of Topliss-reactive ketones (excluding diaryl/α,β-unsaturated/α-hetero) is 1. The van der Waals surface area contributed by atoms with Crippen molar-refractivity contribution in [3.8, 4) is 0 Å². The van der Waals surface area contributed by atoms with Crippen molar-refractivity contribution >= 4 is 17.7 Å². The molecule has 1 aromatic heterocycles. The van der Waals surface area contributed by atoms with Crippen LogP contribution in [0.15, 0.2) is 0 Å². The summed E-state index contributed by atoms with van der Waals surface area (Å²) in [7, 11) is 1.34. The second kappa shape index (κ2) is 8.93. The maximum Gasteiger partial charge on any atom is 0.354 e. The van der Waals surface area contributed by atoms with Crippen LogP contribution in [0.5, 0.6) is 0 Å². The molecule has 0 spiro atoms. The third-order valence-electron chi connectivity index (χ3n) is 5.85. The van der Waals surface area contributed by atoms with E-state index in [1.54, 1.807) is 18.7 Å². The molecule has 1 saturated carbocycles. The maximum atomic E-state index is 13.5. The van der Waals surface area contributed by atoms with Crippen LogP contribution in [0.25, 0.3) is 0 Å². The van der Waals surface area contributed by atoms with Crippen LogP contribution in [0.2, 0.25) is 0 Å². The van der Waals surface area contributed by atoms with Gasteiger partial charge in [-0.1, -0.05) is 20.3 Å². The monoisotopic (exact) mass is 390 g/mol. The lowest BCUT2D eigenvalue weighted by molar-refractivity contribution is -0.140. The predicted octanol–water partition coefficient (Wildman–Crippen LogP) is 3.77. The number of nitrogens with zero attached hydrogens (tertiary/aromatic N) is 2. The number of aromatic nitrogens is 1. The van der Waals surface area contributed by atoms with E-state index in [9.17, 15) is 14.4 Å². The number of methoxy groups -OCH3 is 1. The molecule has 0 aliphatic heterocycles. The average molecular weight is 391 g/mol. The van der Waals surface area contributed by atoms with E-state index in [-0.39, 0.29) is 23.5 Å². The molecule has 1 aromatic rings. The van der Waals surface area contributed by atoms with Gasteiger partial charge in [-0.15, -0.1) is 0 Å². The van der Waals surface area contributed by atoms with Crippen LogP contribution in [0.3, 0.4) is 0 Å². The number of amides is 1. The fraction of sp³-hybridized carbons (Fsp3) is 0.682. The largest absolute Gasteiger partial charge is 0.464 e. The summed E-state index contributed by atoms with van der Waals surface area (Å²) in [4.78, 5) is 40.5. The highest BCUT2D eigenvalue weighted by Gasteiger charge is 2.36. The molecule has 0 aromatic carbocycles. The van der Waals surface area contributed by atoms with Crippen LogP contribution in [0.1, 0.15) is 79.1 Å². The Labute approximate surface area is 168 Å². The van der Waals surface area contributed by atoms with Gasteiger partial charge in [0.2, 0.25) is 5.91 Å². The van der Waals surface area contributed by atoms with Crippen molar-refractivity contribution < 1.29 is 19.1 Å². The number of ketones is 1. The Morgan fingerprint density at radius 2 is 1.79 bits per heavy atom. The molecule has 28 heavy (non-hydrogen) atoms. The first-order valence-electron chi connectivity index (χ1n) is 10.3. The topological polar surface area (TPSA) is 68.6 Å². The number of hydrogen-bond donors (Lipinski definition) is 0. The molecule has 1 atom stereocenters. The first-order chi connectivity index (χ1) is 13.1. The number of ether oxygens (including phenoxy) is 1. The highest BCUT2D eigenvalue weighted by atomic mass is 16.5. The van der Waals surface area contributed by atoms with E-state index in [0.717, 1.165) is 25.0 Å². The number of carbonyl (C=O) groups excluding carboxylic acids is 3. The third kappa shape index (κ3) is 4.01. The van der Waals surface area contributed by atoms with E-state index in [1.807, 2.05) is 18.4 Å². The molecule has 6 heteroatoms. The standard InChI is InChI=1S/C22H34N2O4/c1-8-23-15(5)18(14(4)19(23)22(27)28-7)20(25)16(6)24(12-13(2)3)21(26)17-10-9-11-17/h13,16-17H,8-12H2,1-7H3. The summed E-state index contributed by atoms with van der Waals surface area (Å²) >= 11 is 0. The van der Waals surface area contributed by atoms with Gasteiger partial charge in [-0.3, -0.25) is 9.59 Å². The molecule has 1 aliphatic carbocycles. The summed E-state index contributed by atoms with van der Waals surface area (Å²) in [5.74, 6) is -0.159. The van der Waals surface area contributed by atoms with Gasteiger partial charge in [0.15, 0.2) is 5.78 Å². The average Bonchev–Trinajstić information content (AvgIpc) is 2.85. The molecule has 1 unspecified atom stereocenters. The molecule has 6 nitrogen and oxygen atoms in total. The van der Waals surface area contributed by atoms with Gasteiger partial charge >= 0.3 is 5.97 Å². The van der Waals surface area contributed by atoms with Gasteiger partial charge in [-0.25, -0.2) is 4.79 Å². The molecule has 1 aliphatic rings. The van der Waals surface area contributed by atoms with E-state index >= 15 is 0 Å². The normalized spacial score (nSPS) is 15.3. The van der Waals surface area contributed by atoms with Crippen molar-refractivity contribution in [3.05, 3.63) is 22.5 Å². The van der Waals surface area contributed by atoms with E-state index in [0.29, 0.717) is 29.9 Å². The smallest absolute Gasteiger partial charge is 0.354 e. The highest BCUT2D eigenvalue weighted by molar-refractivity contribution is 6.06. The Hall–Kier alpha value is -2.11. The summed E-state index contributed by atoms with van der Waals surface area (Å²) in [6.45, 7) is 12.6. The maximum absolute atomic E-state index is 13.5. The van der Waals surface area contributed by atoms with E-state index in [4.69, 9.17) is 4.74 Å². The molecule has 156 valence electrons. The van der Waals surface area contributed by atoms with Gasteiger partial charge < -0.3 is 14.2 Å². The van der Waals surface area contributed by atoms with Gasteiger partial charge in [-0.2, -0.15) is 0 Å². The summed E-state index contributed by atoms with van der Waals surface area (Å²) in [5, 5.41) is 0. The van der Waals surface area contributed by atoms with Crippen molar-refractivity contribution in [1.29, 1.82) is 0 Å². The number of carbonyl (C=O) groups is 3. The van der Waals surface area contributed by atoms with Gasteiger partial charge in [0.05, 0.1) is 13.2 Å². The molecule has 1 heterocycles. The van der Waals surface area contributed by atoms with Crippen LogP contribution in [0, 0.1) is 25.7 Å². The lowest BCUT2D eigenvalue weighted by Crippen LogP contribution is -2.49. The lowest BCUT2D eigenvalue weighted by Gasteiger charge is -2.36. The van der Waals surface area contributed by atoms with E-state index in [2.05, 4.69) is 13.8 Å². The Bertz CT molecular complexity index is 759. The SMILES string of the molecule is CCn1c(C)c(C(=O)C(C)N(CC(C)C)C(=O)C2CCC2)c(C)c1C(=O)OC. The number of esters is 1. The van der Waals surface area contributed by atoms with E-state index in [1.165, 1.54) is 7.11 Å². The first kappa shape index (κ1) is 22.2. The molecule has 1 amide bonds. The van der Waals surface area contributed by atoms with Crippen LogP contribution in [-0.2, 0) is 16.1 Å². The quantitative estimate of drug-likeness (QED) is 0.500. The fourth-order valence-electron chi connectivity index (χ4n) is 4.09. The van der Waals surface area contributed by atoms with Crippen molar-refractivity contribution in [2.45, 2.75) is 73.4 Å². The minimum atomic E-state index is -0.564. The second-order valence-electron chi connectivity index (χ2n) is 8.22. The molecule has 0 radical (unpaired) electrons. The van der Waals surface area contributed by atoms with Crippen molar-refractivity contribution in [1.82, 2.24) is 9.47 Å². The molecular weight excluding hydrogens is 356 g/mol. The Morgan fingerprint density at radius 1 is 1.18 bits per heavy atom. The molecular formula is C22H34N2O4. The minimum Gasteiger partial charge on any atom is -0.464 e. The summed E-state index contributed by atoms with van der Waals surface area (Å²) < 4.78 is 6.75. The van der Waals surface area contributed by atoms with Gasteiger partial charge in [-0.05, 0) is 52.0 Å². The van der Waals surface area contributed by atoms with Crippen LogP contribution < -0.4 is 0 Å². The van der Waals surface area contributed by atoms with Crippen molar-refractivity contribution in [2.75, 3.05) is 13.7 Å². The van der Waals surface area contributed by atoms with E-state index < -0.39 is 12.0 Å². The third-order valence-corrected chi connectivity index (χ3v) is 5.85. The second-order valence-corrected chi connectivity index (χ2v) is 8.22. The van der Waals surface area contributed by atoms with Crippen molar-refractivity contribution in [2.24, 2.45) is 11.8 Å².